The fraction of sp³-hybridized carbons (Fsp3) is 0.786. The third-order valence-corrected chi connectivity index (χ3v) is 4.92. The summed E-state index contributed by atoms with van der Waals surface area (Å²) in [6.07, 6.45) is 5.47. The summed E-state index contributed by atoms with van der Waals surface area (Å²) in [7, 11) is 0. The summed E-state index contributed by atoms with van der Waals surface area (Å²) in [4.78, 5) is 36.9. The Morgan fingerprint density at radius 2 is 1.95 bits per heavy atom. The second-order valence-corrected chi connectivity index (χ2v) is 6.11. The number of carboxylic acid groups (broad SMARTS) is 1. The Balaban J connectivity index is 1.81. The van der Waals surface area contributed by atoms with E-state index in [1.807, 2.05) is 0 Å². The summed E-state index contributed by atoms with van der Waals surface area (Å²) in [5, 5.41) is 12.1. The lowest BCUT2D eigenvalue weighted by Crippen LogP contribution is -2.52. The summed E-state index contributed by atoms with van der Waals surface area (Å²) in [5.74, 6) is -0.921. The van der Waals surface area contributed by atoms with Gasteiger partial charge in [0.05, 0.1) is 0 Å². The number of aliphatic carboxylic acids is 1. The maximum Gasteiger partial charge on any atom is 0.326 e. The van der Waals surface area contributed by atoms with Gasteiger partial charge in [0.25, 0.3) is 0 Å². The van der Waals surface area contributed by atoms with Gasteiger partial charge in [-0.25, -0.2) is 4.79 Å². The van der Waals surface area contributed by atoms with E-state index in [2.05, 4.69) is 5.32 Å². The molecule has 1 saturated carbocycles. The second kappa shape index (κ2) is 5.07. The van der Waals surface area contributed by atoms with Crippen LogP contribution in [0.2, 0.25) is 0 Å². The fourth-order valence-corrected chi connectivity index (χ4v) is 3.98. The zero-order chi connectivity index (χ0) is 14.3. The first-order valence-corrected chi connectivity index (χ1v) is 7.42. The summed E-state index contributed by atoms with van der Waals surface area (Å²) in [5.41, 5.74) is 0. The normalized spacial score (nSPS) is 36.6. The second-order valence-electron chi connectivity index (χ2n) is 6.11. The molecule has 3 fully saturated rings. The quantitative estimate of drug-likeness (QED) is 0.771. The highest BCUT2D eigenvalue weighted by atomic mass is 16.4. The predicted octanol–water partition coefficient (Wildman–Crippen LogP) is 0.509. The highest BCUT2D eigenvalue weighted by Gasteiger charge is 2.49. The van der Waals surface area contributed by atoms with Crippen LogP contribution in [-0.4, -0.2) is 45.9 Å². The van der Waals surface area contributed by atoms with Crippen LogP contribution in [0.1, 0.15) is 44.9 Å². The van der Waals surface area contributed by atoms with Crippen molar-refractivity contribution in [2.75, 3.05) is 0 Å². The lowest BCUT2D eigenvalue weighted by molar-refractivity contribution is -0.150. The molecule has 3 aliphatic rings. The Bertz CT molecular complexity index is 450. The van der Waals surface area contributed by atoms with Crippen molar-refractivity contribution in [3.05, 3.63) is 0 Å². The van der Waals surface area contributed by atoms with Gasteiger partial charge in [0.15, 0.2) is 0 Å². The molecular formula is C14H20N2O4. The minimum absolute atomic E-state index is 0.0508. The van der Waals surface area contributed by atoms with Crippen molar-refractivity contribution in [3.63, 3.8) is 0 Å². The third-order valence-electron chi connectivity index (χ3n) is 4.92. The number of rotatable bonds is 2. The van der Waals surface area contributed by atoms with E-state index in [0.29, 0.717) is 25.2 Å². The average molecular weight is 280 g/mol. The highest BCUT2D eigenvalue weighted by Crippen LogP contribution is 2.40. The molecular weight excluding hydrogens is 260 g/mol. The molecule has 110 valence electrons. The molecule has 0 spiro atoms. The molecule has 2 saturated heterocycles. The van der Waals surface area contributed by atoms with Gasteiger partial charge in [0.1, 0.15) is 12.1 Å². The molecule has 0 aromatic heterocycles. The molecule has 0 aromatic carbocycles. The van der Waals surface area contributed by atoms with Crippen LogP contribution in [0.4, 0.5) is 0 Å². The van der Waals surface area contributed by atoms with Crippen LogP contribution in [0.15, 0.2) is 0 Å². The van der Waals surface area contributed by atoms with E-state index >= 15 is 0 Å². The Morgan fingerprint density at radius 3 is 2.60 bits per heavy atom. The molecule has 20 heavy (non-hydrogen) atoms. The number of carbonyl (C=O) groups is 3. The number of nitrogens with zero attached hydrogens (tertiary/aromatic N) is 1. The van der Waals surface area contributed by atoms with Gasteiger partial charge in [-0.1, -0.05) is 12.8 Å². The Hall–Kier alpha value is -1.59. The van der Waals surface area contributed by atoms with Gasteiger partial charge in [-0.05, 0) is 31.6 Å². The van der Waals surface area contributed by atoms with Crippen molar-refractivity contribution in [3.8, 4) is 0 Å². The van der Waals surface area contributed by atoms with Crippen molar-refractivity contribution in [1.82, 2.24) is 10.2 Å². The largest absolute Gasteiger partial charge is 0.480 e. The summed E-state index contributed by atoms with van der Waals surface area (Å²) in [6, 6.07) is -1.19. The molecule has 6 nitrogen and oxygen atoms in total. The average Bonchev–Trinajstić information content (AvgIpc) is 3.01. The van der Waals surface area contributed by atoms with Crippen molar-refractivity contribution in [2.45, 2.75) is 63.1 Å². The van der Waals surface area contributed by atoms with Gasteiger partial charge in [0, 0.05) is 12.5 Å². The molecule has 2 N–H and O–H groups in total. The molecule has 3 unspecified atom stereocenters. The van der Waals surface area contributed by atoms with E-state index in [4.69, 9.17) is 0 Å². The van der Waals surface area contributed by atoms with Gasteiger partial charge in [-0.2, -0.15) is 0 Å². The van der Waals surface area contributed by atoms with Gasteiger partial charge in [-0.3, -0.25) is 9.59 Å². The minimum Gasteiger partial charge on any atom is -0.480 e. The maximum absolute atomic E-state index is 12.6. The number of likely N-dealkylation sites (tertiary alicyclic amines) is 1. The highest BCUT2D eigenvalue weighted by molar-refractivity contribution is 5.93. The molecule has 1 aliphatic carbocycles. The SMILES string of the molecule is O=C1CC[C@@H](C(=O)N2C(C(=O)O)CC3CCCCC32)N1. The summed E-state index contributed by atoms with van der Waals surface area (Å²) >= 11 is 0. The number of fused-ring (bicyclic) bond motifs is 1. The van der Waals surface area contributed by atoms with Crippen molar-refractivity contribution < 1.29 is 19.5 Å². The number of hydrogen-bond acceptors (Lipinski definition) is 3. The van der Waals surface area contributed by atoms with Gasteiger partial charge >= 0.3 is 5.97 Å². The molecule has 4 atom stereocenters. The van der Waals surface area contributed by atoms with Crippen molar-refractivity contribution in [1.29, 1.82) is 0 Å². The van der Waals surface area contributed by atoms with Crippen LogP contribution >= 0.6 is 0 Å². The predicted molar refractivity (Wildman–Crippen MR) is 69.8 cm³/mol. The first-order valence-electron chi connectivity index (χ1n) is 7.42. The smallest absolute Gasteiger partial charge is 0.326 e. The van der Waals surface area contributed by atoms with Crippen LogP contribution in [0.25, 0.3) is 0 Å². The van der Waals surface area contributed by atoms with Crippen LogP contribution in [0.3, 0.4) is 0 Å². The molecule has 3 rings (SSSR count). The lowest BCUT2D eigenvalue weighted by atomic mass is 9.84. The molecule has 0 aromatic rings. The molecule has 2 aliphatic heterocycles. The number of carbonyl (C=O) groups excluding carboxylic acids is 2. The fourth-order valence-electron chi connectivity index (χ4n) is 3.98. The van der Waals surface area contributed by atoms with Crippen LogP contribution in [0.5, 0.6) is 0 Å². The number of amides is 2. The van der Waals surface area contributed by atoms with E-state index in [1.165, 1.54) is 0 Å². The van der Waals surface area contributed by atoms with E-state index in [0.717, 1.165) is 25.7 Å². The zero-order valence-corrected chi connectivity index (χ0v) is 11.4. The van der Waals surface area contributed by atoms with Gasteiger partial charge in [-0.15, -0.1) is 0 Å². The lowest BCUT2D eigenvalue weighted by Gasteiger charge is -2.34. The third kappa shape index (κ3) is 2.17. The molecule has 2 heterocycles. The topological polar surface area (TPSA) is 86.7 Å². The first-order chi connectivity index (χ1) is 9.58. The number of carboxylic acids is 1. The standard InChI is InChI=1S/C14H20N2O4/c17-12-6-5-9(15-12)13(18)16-10-4-2-1-3-8(10)7-11(16)14(19)20/h8-11H,1-7H2,(H,15,17)(H,19,20)/t8?,9-,10?,11?/m0/s1. The van der Waals surface area contributed by atoms with Gasteiger partial charge < -0.3 is 15.3 Å². The number of nitrogens with one attached hydrogen (secondary N) is 1. The molecule has 6 heteroatoms. The molecule has 2 amide bonds. The zero-order valence-electron chi connectivity index (χ0n) is 11.4. The van der Waals surface area contributed by atoms with E-state index < -0.39 is 18.1 Å². The van der Waals surface area contributed by atoms with Crippen LogP contribution < -0.4 is 5.32 Å². The number of hydrogen-bond donors (Lipinski definition) is 2. The monoisotopic (exact) mass is 280 g/mol. The van der Waals surface area contributed by atoms with E-state index in [-0.39, 0.29) is 17.9 Å². The minimum atomic E-state index is -0.919. The Morgan fingerprint density at radius 1 is 1.20 bits per heavy atom. The summed E-state index contributed by atoms with van der Waals surface area (Å²) < 4.78 is 0. The Kier molecular flexibility index (Phi) is 3.40. The summed E-state index contributed by atoms with van der Waals surface area (Å²) in [6.45, 7) is 0. The molecule has 0 bridgehead atoms. The Labute approximate surface area is 117 Å². The maximum atomic E-state index is 12.6. The van der Waals surface area contributed by atoms with Crippen molar-refractivity contribution >= 4 is 17.8 Å². The van der Waals surface area contributed by atoms with E-state index in [1.54, 1.807) is 4.90 Å². The molecule has 0 radical (unpaired) electrons. The van der Waals surface area contributed by atoms with Crippen molar-refractivity contribution in [2.24, 2.45) is 5.92 Å². The van der Waals surface area contributed by atoms with Gasteiger partial charge in [0.2, 0.25) is 11.8 Å². The first kappa shape index (κ1) is 13.4. The van der Waals surface area contributed by atoms with Crippen LogP contribution in [0, 0.1) is 5.92 Å². The van der Waals surface area contributed by atoms with E-state index in [9.17, 15) is 19.5 Å². The van der Waals surface area contributed by atoms with Crippen LogP contribution in [-0.2, 0) is 14.4 Å².